The molecule has 0 aromatic rings. The lowest BCUT2D eigenvalue weighted by atomic mass is 10.0. The van der Waals surface area contributed by atoms with Crippen LogP contribution in [0.15, 0.2) is 0 Å². The maximum Gasteiger partial charge on any atom is 0.222 e. The Labute approximate surface area is 104 Å². The molecule has 1 amide bonds. The summed E-state index contributed by atoms with van der Waals surface area (Å²) in [6.07, 6.45) is 8.45. The molecular weight excluding hydrogens is 218 g/mol. The summed E-state index contributed by atoms with van der Waals surface area (Å²) in [4.78, 5) is 14.0. The first-order valence-electron chi connectivity index (χ1n) is 6.50. The molecule has 0 heterocycles. The van der Waals surface area contributed by atoms with Crippen LogP contribution in [0.4, 0.5) is 0 Å². The number of hydrogen-bond acceptors (Lipinski definition) is 2. The first-order valence-corrected chi connectivity index (χ1v) is 7.13. The summed E-state index contributed by atoms with van der Waals surface area (Å²) in [5.41, 5.74) is 0.268. The third-order valence-electron chi connectivity index (χ3n) is 4.25. The highest BCUT2D eigenvalue weighted by Gasteiger charge is 2.43. The zero-order chi connectivity index (χ0) is 11.6. The van der Waals surface area contributed by atoms with Crippen molar-refractivity contribution in [1.82, 2.24) is 4.90 Å². The van der Waals surface area contributed by atoms with Crippen molar-refractivity contribution < 1.29 is 4.79 Å². The van der Waals surface area contributed by atoms with E-state index in [1.165, 1.54) is 38.5 Å². The summed E-state index contributed by atoms with van der Waals surface area (Å²) in [6, 6.07) is 0. The van der Waals surface area contributed by atoms with Crippen molar-refractivity contribution in [2.45, 2.75) is 44.9 Å². The van der Waals surface area contributed by atoms with Crippen LogP contribution in [-0.4, -0.2) is 30.2 Å². The van der Waals surface area contributed by atoms with Crippen molar-refractivity contribution in [1.29, 1.82) is 0 Å². The summed E-state index contributed by atoms with van der Waals surface area (Å²) in [5, 5.41) is 0. The highest BCUT2D eigenvalue weighted by molar-refractivity contribution is 7.80. The molecule has 0 saturated heterocycles. The first-order chi connectivity index (χ1) is 7.65. The van der Waals surface area contributed by atoms with Gasteiger partial charge in [-0.25, -0.2) is 0 Å². The molecule has 0 spiro atoms. The average molecular weight is 241 g/mol. The fraction of sp³-hybridized carbons (Fsp3) is 0.923. The Morgan fingerprint density at radius 3 is 2.50 bits per heavy atom. The minimum Gasteiger partial charge on any atom is -0.345 e. The Morgan fingerprint density at radius 2 is 2.00 bits per heavy atom. The van der Waals surface area contributed by atoms with E-state index in [4.69, 9.17) is 0 Å². The maximum atomic E-state index is 12.0. The number of carbonyl (C=O) groups is 1. The molecule has 0 N–H and O–H groups in total. The monoisotopic (exact) mass is 241 g/mol. The van der Waals surface area contributed by atoms with Gasteiger partial charge >= 0.3 is 0 Å². The van der Waals surface area contributed by atoms with E-state index >= 15 is 0 Å². The van der Waals surface area contributed by atoms with Gasteiger partial charge < -0.3 is 4.90 Å². The molecule has 0 atom stereocenters. The molecule has 0 bridgehead atoms. The summed E-state index contributed by atoms with van der Waals surface area (Å²) >= 11 is 4.35. The Bertz CT molecular complexity index is 257. The van der Waals surface area contributed by atoms with E-state index in [1.54, 1.807) is 0 Å². The molecule has 2 aliphatic rings. The van der Waals surface area contributed by atoms with Crippen molar-refractivity contribution in [2.24, 2.45) is 11.3 Å². The van der Waals surface area contributed by atoms with Gasteiger partial charge in [0, 0.05) is 20.0 Å². The minimum atomic E-state index is 0.268. The van der Waals surface area contributed by atoms with Gasteiger partial charge in [-0.3, -0.25) is 4.79 Å². The molecule has 0 aromatic carbocycles. The summed E-state index contributed by atoms with van der Waals surface area (Å²) in [5.74, 6) is 1.97. The number of rotatable bonds is 5. The predicted octanol–water partition coefficient (Wildman–Crippen LogP) is 2.74. The highest BCUT2D eigenvalue weighted by atomic mass is 32.1. The smallest absolute Gasteiger partial charge is 0.222 e. The average Bonchev–Trinajstić information content (AvgIpc) is 2.85. The molecule has 2 fully saturated rings. The number of thiol groups is 1. The van der Waals surface area contributed by atoms with Crippen LogP contribution in [0.5, 0.6) is 0 Å². The second kappa shape index (κ2) is 4.99. The Balaban J connectivity index is 1.75. The maximum absolute atomic E-state index is 12.0. The topological polar surface area (TPSA) is 20.3 Å². The zero-order valence-corrected chi connectivity index (χ0v) is 11.1. The van der Waals surface area contributed by atoms with Gasteiger partial charge in [0.1, 0.15) is 0 Å². The quantitative estimate of drug-likeness (QED) is 0.734. The van der Waals surface area contributed by atoms with Gasteiger partial charge in [0.2, 0.25) is 5.91 Å². The highest BCUT2D eigenvalue weighted by Crippen LogP contribution is 2.49. The number of hydrogen-bond donors (Lipinski definition) is 1. The molecule has 2 saturated carbocycles. The fourth-order valence-corrected chi connectivity index (χ4v) is 3.13. The number of amides is 1. The Hall–Kier alpha value is -0.180. The van der Waals surface area contributed by atoms with E-state index in [1.807, 2.05) is 11.9 Å². The van der Waals surface area contributed by atoms with Gasteiger partial charge in [0.15, 0.2) is 0 Å². The lowest BCUT2D eigenvalue weighted by Crippen LogP contribution is -2.33. The molecule has 92 valence electrons. The van der Waals surface area contributed by atoms with E-state index < -0.39 is 0 Å². The Morgan fingerprint density at radius 1 is 1.38 bits per heavy atom. The van der Waals surface area contributed by atoms with Crippen LogP contribution in [0.2, 0.25) is 0 Å². The van der Waals surface area contributed by atoms with Gasteiger partial charge in [0.05, 0.1) is 0 Å². The minimum absolute atomic E-state index is 0.268. The third-order valence-corrected chi connectivity index (χ3v) is 4.92. The van der Waals surface area contributed by atoms with Crippen LogP contribution in [0.3, 0.4) is 0 Å². The second-order valence-corrected chi connectivity index (χ2v) is 6.08. The van der Waals surface area contributed by atoms with Crippen LogP contribution in [0.1, 0.15) is 44.9 Å². The molecule has 3 heteroatoms. The van der Waals surface area contributed by atoms with Crippen LogP contribution in [0.25, 0.3) is 0 Å². The first kappa shape index (κ1) is 12.3. The van der Waals surface area contributed by atoms with Crippen molar-refractivity contribution in [3.63, 3.8) is 0 Å². The largest absolute Gasteiger partial charge is 0.345 e. The molecule has 0 unspecified atom stereocenters. The van der Waals surface area contributed by atoms with Crippen LogP contribution < -0.4 is 0 Å². The van der Waals surface area contributed by atoms with Crippen molar-refractivity contribution in [2.75, 3.05) is 19.3 Å². The van der Waals surface area contributed by atoms with E-state index in [2.05, 4.69) is 12.6 Å². The summed E-state index contributed by atoms with van der Waals surface area (Å²) < 4.78 is 0. The van der Waals surface area contributed by atoms with Crippen LogP contribution in [0, 0.1) is 11.3 Å². The normalized spacial score (nSPS) is 23.4. The summed E-state index contributed by atoms with van der Waals surface area (Å²) in [7, 11) is 1.97. The zero-order valence-electron chi connectivity index (χ0n) is 10.2. The van der Waals surface area contributed by atoms with Crippen molar-refractivity contribution >= 4 is 18.5 Å². The van der Waals surface area contributed by atoms with Gasteiger partial charge in [-0.15, -0.1) is 0 Å². The number of carbonyl (C=O) groups excluding carboxylic acids is 1. The van der Waals surface area contributed by atoms with Gasteiger partial charge in [-0.05, 0) is 42.8 Å². The lowest BCUT2D eigenvalue weighted by Gasteiger charge is -2.23. The molecule has 0 aromatic heterocycles. The predicted molar refractivity (Wildman–Crippen MR) is 69.7 cm³/mol. The Kier molecular flexibility index (Phi) is 3.83. The van der Waals surface area contributed by atoms with Crippen LogP contribution in [-0.2, 0) is 4.79 Å². The molecule has 2 aliphatic carbocycles. The second-order valence-electron chi connectivity index (χ2n) is 5.76. The molecular formula is C13H23NOS. The van der Waals surface area contributed by atoms with Gasteiger partial charge in [-0.2, -0.15) is 12.6 Å². The standard InChI is InChI=1S/C13H23NOS/c1-14(9-11-4-2-3-5-11)12(15)8-13(10-16)6-7-13/h11,16H,2-10H2,1H3. The molecule has 16 heavy (non-hydrogen) atoms. The number of nitrogens with zero attached hydrogens (tertiary/aromatic N) is 1. The molecule has 2 nitrogen and oxygen atoms in total. The van der Waals surface area contributed by atoms with Crippen molar-refractivity contribution in [3.05, 3.63) is 0 Å². The third kappa shape index (κ3) is 2.93. The van der Waals surface area contributed by atoms with E-state index in [0.717, 1.165) is 24.6 Å². The van der Waals surface area contributed by atoms with Gasteiger partial charge in [0.25, 0.3) is 0 Å². The van der Waals surface area contributed by atoms with E-state index in [0.29, 0.717) is 5.91 Å². The molecule has 0 aliphatic heterocycles. The van der Waals surface area contributed by atoms with Crippen LogP contribution >= 0.6 is 12.6 Å². The molecule has 2 rings (SSSR count). The summed E-state index contributed by atoms with van der Waals surface area (Å²) in [6.45, 7) is 0.974. The molecule has 0 radical (unpaired) electrons. The van der Waals surface area contributed by atoms with Gasteiger partial charge in [-0.1, -0.05) is 12.8 Å². The SMILES string of the molecule is CN(CC1CCCC1)C(=O)CC1(CS)CC1. The van der Waals surface area contributed by atoms with E-state index in [9.17, 15) is 4.79 Å². The lowest BCUT2D eigenvalue weighted by molar-refractivity contribution is -0.131. The fourth-order valence-electron chi connectivity index (χ4n) is 2.71. The van der Waals surface area contributed by atoms with Crippen molar-refractivity contribution in [3.8, 4) is 0 Å². The van der Waals surface area contributed by atoms with E-state index in [-0.39, 0.29) is 5.41 Å².